The zero-order valence-corrected chi connectivity index (χ0v) is 10.2. The summed E-state index contributed by atoms with van der Waals surface area (Å²) in [7, 11) is 0. The van der Waals surface area contributed by atoms with Gasteiger partial charge in [0.05, 0.1) is 0 Å². The highest BCUT2D eigenvalue weighted by Gasteiger charge is 2.41. The van der Waals surface area contributed by atoms with Crippen LogP contribution in [0, 0.1) is 6.92 Å². The molecule has 96 valence electrons. The number of aryl methyl sites for hydroxylation is 1. The standard InChI is InChI=1S/C13H17F3O/c1-9-4-6-10(7-5-9)12(2,3)8-11(17)13(14,15)16/h4-7,11,17H,8H2,1-3H3. The highest BCUT2D eigenvalue weighted by atomic mass is 19.4. The first-order chi connectivity index (χ1) is 7.63. The SMILES string of the molecule is Cc1ccc(C(C)(C)CC(O)C(F)(F)F)cc1. The minimum atomic E-state index is -4.55. The maximum absolute atomic E-state index is 12.3. The Morgan fingerprint density at radius 3 is 2.00 bits per heavy atom. The second-order valence-electron chi connectivity index (χ2n) is 5.01. The van der Waals surface area contributed by atoms with Crippen LogP contribution in [0.5, 0.6) is 0 Å². The number of rotatable bonds is 3. The third-order valence-corrected chi connectivity index (χ3v) is 2.91. The van der Waals surface area contributed by atoms with E-state index in [1.54, 1.807) is 26.0 Å². The Morgan fingerprint density at radius 1 is 1.12 bits per heavy atom. The van der Waals surface area contributed by atoms with Crippen LogP contribution < -0.4 is 0 Å². The number of benzene rings is 1. The second-order valence-corrected chi connectivity index (χ2v) is 5.01. The first-order valence-electron chi connectivity index (χ1n) is 5.45. The van der Waals surface area contributed by atoms with Gasteiger partial charge in [-0.25, -0.2) is 0 Å². The number of aliphatic hydroxyl groups excluding tert-OH is 1. The summed E-state index contributed by atoms with van der Waals surface area (Å²) in [6.45, 7) is 5.32. The molecule has 0 aliphatic rings. The lowest BCUT2D eigenvalue weighted by molar-refractivity contribution is -0.208. The lowest BCUT2D eigenvalue weighted by atomic mass is 9.79. The molecule has 0 radical (unpaired) electrons. The average molecular weight is 246 g/mol. The summed E-state index contributed by atoms with van der Waals surface area (Å²) in [6.07, 6.45) is -7.17. The fraction of sp³-hybridized carbons (Fsp3) is 0.538. The number of hydrogen-bond acceptors (Lipinski definition) is 1. The Bertz CT molecular complexity index is 365. The molecule has 0 aliphatic carbocycles. The highest BCUT2D eigenvalue weighted by molar-refractivity contribution is 5.27. The molecule has 1 N–H and O–H groups in total. The fourth-order valence-electron chi connectivity index (χ4n) is 1.72. The van der Waals surface area contributed by atoms with Gasteiger partial charge in [0, 0.05) is 0 Å². The third kappa shape index (κ3) is 3.73. The van der Waals surface area contributed by atoms with Crippen LogP contribution in [0.2, 0.25) is 0 Å². The van der Waals surface area contributed by atoms with Crippen LogP contribution in [0.25, 0.3) is 0 Å². The largest absolute Gasteiger partial charge is 0.414 e. The van der Waals surface area contributed by atoms with Crippen molar-refractivity contribution in [3.8, 4) is 0 Å². The monoisotopic (exact) mass is 246 g/mol. The number of hydrogen-bond donors (Lipinski definition) is 1. The molecule has 1 rings (SSSR count). The minimum Gasteiger partial charge on any atom is -0.384 e. The van der Waals surface area contributed by atoms with Gasteiger partial charge in [-0.05, 0) is 24.3 Å². The molecule has 0 spiro atoms. The molecule has 1 aromatic carbocycles. The van der Waals surface area contributed by atoms with Gasteiger partial charge in [0.15, 0.2) is 6.10 Å². The van der Waals surface area contributed by atoms with Gasteiger partial charge in [0.1, 0.15) is 0 Å². The maximum atomic E-state index is 12.3. The summed E-state index contributed by atoms with van der Waals surface area (Å²) in [5.41, 5.74) is 1.15. The van der Waals surface area contributed by atoms with Gasteiger partial charge < -0.3 is 5.11 Å². The van der Waals surface area contributed by atoms with E-state index in [9.17, 15) is 13.2 Å². The van der Waals surface area contributed by atoms with Crippen molar-refractivity contribution in [2.24, 2.45) is 0 Å². The molecule has 1 unspecified atom stereocenters. The number of aliphatic hydroxyl groups is 1. The van der Waals surface area contributed by atoms with E-state index in [1.807, 2.05) is 19.1 Å². The van der Waals surface area contributed by atoms with E-state index in [1.165, 1.54) is 0 Å². The van der Waals surface area contributed by atoms with Crippen molar-refractivity contribution < 1.29 is 18.3 Å². The van der Waals surface area contributed by atoms with Crippen molar-refractivity contribution in [2.45, 2.75) is 44.9 Å². The van der Waals surface area contributed by atoms with Gasteiger partial charge in [-0.1, -0.05) is 43.7 Å². The third-order valence-electron chi connectivity index (χ3n) is 2.91. The molecule has 0 saturated carbocycles. The van der Waals surface area contributed by atoms with Crippen LogP contribution >= 0.6 is 0 Å². The van der Waals surface area contributed by atoms with Gasteiger partial charge in [0.25, 0.3) is 0 Å². The Balaban J connectivity index is 2.85. The van der Waals surface area contributed by atoms with Crippen LogP contribution in [0.1, 0.15) is 31.4 Å². The number of alkyl halides is 3. The molecule has 1 aromatic rings. The molecule has 0 saturated heterocycles. The molecule has 0 bridgehead atoms. The van der Waals surface area contributed by atoms with Crippen molar-refractivity contribution in [1.82, 2.24) is 0 Å². The van der Waals surface area contributed by atoms with Gasteiger partial charge in [-0.2, -0.15) is 13.2 Å². The quantitative estimate of drug-likeness (QED) is 0.864. The zero-order valence-electron chi connectivity index (χ0n) is 10.2. The Morgan fingerprint density at radius 2 is 1.59 bits per heavy atom. The second kappa shape index (κ2) is 4.69. The minimum absolute atomic E-state index is 0.334. The molecule has 4 heteroatoms. The van der Waals surface area contributed by atoms with Crippen LogP contribution in [0.3, 0.4) is 0 Å². The maximum Gasteiger partial charge on any atom is 0.414 e. The molecule has 1 atom stereocenters. The van der Waals surface area contributed by atoms with Gasteiger partial charge in [-0.15, -0.1) is 0 Å². The predicted molar refractivity (Wildman–Crippen MR) is 60.9 cm³/mol. The normalized spacial score (nSPS) is 14.8. The fourth-order valence-corrected chi connectivity index (χ4v) is 1.72. The van der Waals surface area contributed by atoms with E-state index >= 15 is 0 Å². The molecule has 0 heterocycles. The van der Waals surface area contributed by atoms with E-state index in [0.29, 0.717) is 0 Å². The topological polar surface area (TPSA) is 20.2 Å². The average Bonchev–Trinajstić information content (AvgIpc) is 2.16. The molecule has 17 heavy (non-hydrogen) atoms. The van der Waals surface area contributed by atoms with E-state index in [2.05, 4.69) is 0 Å². The molecule has 0 fully saturated rings. The van der Waals surface area contributed by atoms with Crippen molar-refractivity contribution in [1.29, 1.82) is 0 Å². The molecular formula is C13H17F3O. The van der Waals surface area contributed by atoms with Crippen LogP contribution in [0.15, 0.2) is 24.3 Å². The zero-order chi connectivity index (χ0) is 13.3. The van der Waals surface area contributed by atoms with Crippen molar-refractivity contribution >= 4 is 0 Å². The summed E-state index contributed by atoms with van der Waals surface area (Å²) in [5, 5.41) is 9.11. The lowest BCUT2D eigenvalue weighted by Crippen LogP contribution is -2.35. The van der Waals surface area contributed by atoms with Gasteiger partial charge in [0.2, 0.25) is 0 Å². The first-order valence-corrected chi connectivity index (χ1v) is 5.45. The Labute approximate surface area is 99.3 Å². The summed E-state index contributed by atoms with van der Waals surface area (Å²) in [5.74, 6) is 0. The van der Waals surface area contributed by atoms with Crippen LogP contribution in [-0.4, -0.2) is 17.4 Å². The highest BCUT2D eigenvalue weighted by Crippen LogP contribution is 2.33. The van der Waals surface area contributed by atoms with E-state index in [-0.39, 0.29) is 6.42 Å². The summed E-state index contributed by atoms with van der Waals surface area (Å²) in [4.78, 5) is 0. The smallest absolute Gasteiger partial charge is 0.384 e. The van der Waals surface area contributed by atoms with Crippen molar-refractivity contribution in [3.05, 3.63) is 35.4 Å². The van der Waals surface area contributed by atoms with Crippen molar-refractivity contribution in [3.63, 3.8) is 0 Å². The lowest BCUT2D eigenvalue weighted by Gasteiger charge is -2.29. The molecule has 0 aromatic heterocycles. The van der Waals surface area contributed by atoms with Gasteiger partial charge >= 0.3 is 6.18 Å². The first kappa shape index (κ1) is 14.0. The number of halogens is 3. The van der Waals surface area contributed by atoms with E-state index in [0.717, 1.165) is 11.1 Å². The Hall–Kier alpha value is -1.03. The van der Waals surface area contributed by atoms with Crippen molar-refractivity contribution in [2.75, 3.05) is 0 Å². The summed E-state index contributed by atoms with van der Waals surface area (Å²) >= 11 is 0. The molecule has 0 aliphatic heterocycles. The van der Waals surface area contributed by atoms with Crippen LogP contribution in [0.4, 0.5) is 13.2 Å². The summed E-state index contributed by atoms with van der Waals surface area (Å²) in [6, 6.07) is 7.32. The Kier molecular flexibility index (Phi) is 3.87. The summed E-state index contributed by atoms with van der Waals surface area (Å²) < 4.78 is 36.9. The van der Waals surface area contributed by atoms with Gasteiger partial charge in [-0.3, -0.25) is 0 Å². The van der Waals surface area contributed by atoms with E-state index < -0.39 is 17.7 Å². The van der Waals surface area contributed by atoms with Crippen LogP contribution in [-0.2, 0) is 5.41 Å². The molecular weight excluding hydrogens is 229 g/mol. The van der Waals surface area contributed by atoms with E-state index in [4.69, 9.17) is 5.11 Å². The predicted octanol–water partition coefficient (Wildman–Crippen LogP) is 3.59. The molecule has 0 amide bonds. The molecule has 1 nitrogen and oxygen atoms in total.